The molecule has 1 aromatic heterocycles. The zero-order valence-electron chi connectivity index (χ0n) is 12.1. The highest BCUT2D eigenvalue weighted by Crippen LogP contribution is 2.29. The second-order valence-electron chi connectivity index (χ2n) is 5.59. The Morgan fingerprint density at radius 1 is 1.40 bits per heavy atom. The third-order valence-corrected chi connectivity index (χ3v) is 3.79. The van der Waals surface area contributed by atoms with Crippen molar-refractivity contribution < 1.29 is 5.06 Å². The molecule has 0 aliphatic carbocycles. The Labute approximate surface area is 118 Å². The molecule has 20 heavy (non-hydrogen) atoms. The molecule has 5 nitrogen and oxygen atoms in total. The van der Waals surface area contributed by atoms with Crippen LogP contribution in [0.1, 0.15) is 38.2 Å². The molecule has 0 fully saturated rings. The predicted octanol–water partition coefficient (Wildman–Crippen LogP) is 1.46. The van der Waals surface area contributed by atoms with Gasteiger partial charge in [0.05, 0.1) is 5.69 Å². The van der Waals surface area contributed by atoms with Gasteiger partial charge < -0.3 is 15.6 Å². The van der Waals surface area contributed by atoms with Gasteiger partial charge in [0.25, 0.3) is 0 Å². The van der Waals surface area contributed by atoms with E-state index >= 15 is 0 Å². The van der Waals surface area contributed by atoms with Gasteiger partial charge in [-0.1, -0.05) is 26.0 Å². The molecule has 3 rings (SSSR count). The highest BCUT2D eigenvalue weighted by molar-refractivity contribution is 5.55. The van der Waals surface area contributed by atoms with Crippen LogP contribution in [0.15, 0.2) is 30.6 Å². The normalized spacial score (nSPS) is 20.9. The summed E-state index contributed by atoms with van der Waals surface area (Å²) in [5, 5.41) is 16.1. The Bertz CT molecular complexity index is 620. The van der Waals surface area contributed by atoms with Crippen molar-refractivity contribution in [3.63, 3.8) is 0 Å². The number of hydroxylamine groups is 1. The summed E-state index contributed by atoms with van der Waals surface area (Å²) in [5.41, 5.74) is 3.71. The number of imidazole rings is 1. The third-order valence-electron chi connectivity index (χ3n) is 3.79. The Morgan fingerprint density at radius 3 is 2.90 bits per heavy atom. The minimum Gasteiger partial charge on any atom is -0.628 e. The summed E-state index contributed by atoms with van der Waals surface area (Å²) in [6, 6.07) is 7.99. The molecule has 2 unspecified atom stereocenters. The minimum absolute atomic E-state index is 0.142. The first-order chi connectivity index (χ1) is 9.59. The van der Waals surface area contributed by atoms with E-state index in [1.807, 2.05) is 37.5 Å². The smallest absolute Gasteiger partial charge is 0.156 e. The first kappa shape index (κ1) is 13.3. The van der Waals surface area contributed by atoms with Crippen LogP contribution >= 0.6 is 0 Å². The third kappa shape index (κ3) is 2.04. The lowest BCUT2D eigenvalue weighted by atomic mass is 10.1. The molecule has 0 spiro atoms. The first-order valence-corrected chi connectivity index (χ1v) is 7.02. The molecule has 2 heterocycles. The summed E-state index contributed by atoms with van der Waals surface area (Å²) in [6.45, 7) is 6.86. The summed E-state index contributed by atoms with van der Waals surface area (Å²) in [5.74, 6) is 0. The molecule has 2 aromatic rings. The molecule has 2 atom stereocenters. The van der Waals surface area contributed by atoms with Crippen molar-refractivity contribution in [1.82, 2.24) is 14.9 Å². The molecule has 0 saturated heterocycles. The van der Waals surface area contributed by atoms with Crippen LogP contribution in [0.3, 0.4) is 0 Å². The zero-order chi connectivity index (χ0) is 14.3. The lowest BCUT2D eigenvalue weighted by molar-refractivity contribution is -0.813. The van der Waals surface area contributed by atoms with Crippen molar-refractivity contribution in [3.8, 4) is 5.69 Å². The number of hydrogen-bond donors (Lipinski definition) is 2. The number of nitrogens with zero attached hydrogens (tertiary/aromatic N) is 2. The van der Waals surface area contributed by atoms with Crippen LogP contribution in [0.2, 0.25) is 0 Å². The zero-order valence-corrected chi connectivity index (χ0v) is 12.1. The molecule has 2 N–H and O–H groups in total. The Hall–Kier alpha value is -1.69. The molecular weight excluding hydrogens is 252 g/mol. The molecule has 0 amide bonds. The fourth-order valence-electron chi connectivity index (χ4n) is 2.73. The Kier molecular flexibility index (Phi) is 3.33. The van der Waals surface area contributed by atoms with Gasteiger partial charge in [0.1, 0.15) is 23.8 Å². The van der Waals surface area contributed by atoms with Crippen LogP contribution in [0, 0.1) is 5.21 Å². The molecule has 0 radical (unpaired) electrons. The quantitative estimate of drug-likeness (QED) is 0.832. The first-order valence-electron chi connectivity index (χ1n) is 7.02. The van der Waals surface area contributed by atoms with Crippen molar-refractivity contribution in [2.24, 2.45) is 0 Å². The molecule has 1 aliphatic rings. The van der Waals surface area contributed by atoms with Gasteiger partial charge in [0, 0.05) is 18.7 Å². The van der Waals surface area contributed by atoms with Gasteiger partial charge in [-0.2, -0.15) is 0 Å². The van der Waals surface area contributed by atoms with Gasteiger partial charge in [0.15, 0.2) is 5.69 Å². The molecule has 5 heteroatoms. The van der Waals surface area contributed by atoms with Gasteiger partial charge in [-0.15, -0.1) is 0 Å². The molecule has 1 aliphatic heterocycles. The van der Waals surface area contributed by atoms with E-state index < -0.39 is 0 Å². The van der Waals surface area contributed by atoms with Crippen LogP contribution in [0.5, 0.6) is 0 Å². The van der Waals surface area contributed by atoms with Crippen molar-refractivity contribution >= 4 is 5.69 Å². The predicted molar refractivity (Wildman–Crippen MR) is 77.9 cm³/mol. The van der Waals surface area contributed by atoms with Gasteiger partial charge in [-0.3, -0.25) is 4.57 Å². The van der Waals surface area contributed by atoms with Gasteiger partial charge in [-0.05, 0) is 13.0 Å². The van der Waals surface area contributed by atoms with Crippen LogP contribution in [-0.4, -0.2) is 15.6 Å². The largest absolute Gasteiger partial charge is 0.628 e. The summed E-state index contributed by atoms with van der Waals surface area (Å²) in [7, 11) is 0. The van der Waals surface area contributed by atoms with Crippen molar-refractivity contribution in [3.05, 3.63) is 47.2 Å². The molecule has 1 aromatic carbocycles. The van der Waals surface area contributed by atoms with Gasteiger partial charge >= 0.3 is 0 Å². The molecule has 106 valence electrons. The fourth-order valence-corrected chi connectivity index (χ4v) is 2.73. The van der Waals surface area contributed by atoms with E-state index in [0.717, 1.165) is 22.8 Å². The topological polar surface area (TPSA) is 57.3 Å². The average molecular weight is 272 g/mol. The van der Waals surface area contributed by atoms with E-state index in [2.05, 4.69) is 28.7 Å². The van der Waals surface area contributed by atoms with Crippen molar-refractivity contribution in [2.75, 3.05) is 0 Å². The maximum Gasteiger partial charge on any atom is 0.156 e. The number of rotatable bonds is 3. The van der Waals surface area contributed by atoms with Crippen LogP contribution < -0.4 is 10.4 Å². The maximum absolute atomic E-state index is 12.5. The summed E-state index contributed by atoms with van der Waals surface area (Å²) in [6.07, 6.45) is 1.83. The van der Waals surface area contributed by atoms with Crippen LogP contribution in [-0.2, 0) is 6.54 Å². The van der Waals surface area contributed by atoms with Crippen LogP contribution in [0.25, 0.3) is 5.69 Å². The fraction of sp³-hybridized carbons (Fsp3) is 0.400. The SMILES string of the molecule is CC(C)NCc1ncn2c1C(C)[NH+]([O-])c1ccccc1-2. The standard InChI is InChI=1S/C15H20N4O/c1-10(2)16-8-12-15-11(3)19(20)14-7-5-4-6-13(14)18(15)9-17-12/h4-7,9-11,16,19H,8H2,1-3H3. The number of benzene rings is 1. The number of hydrogen-bond acceptors (Lipinski definition) is 3. The van der Waals surface area contributed by atoms with Crippen molar-refractivity contribution in [2.45, 2.75) is 39.4 Å². The number of para-hydroxylation sites is 2. The lowest BCUT2D eigenvalue weighted by Crippen LogP contribution is -3.03. The Balaban J connectivity index is 2.06. The maximum atomic E-state index is 12.5. The second-order valence-corrected chi connectivity index (χ2v) is 5.59. The molecular formula is C15H20N4O. The van der Waals surface area contributed by atoms with E-state index in [9.17, 15) is 5.21 Å². The number of aromatic nitrogens is 2. The summed E-state index contributed by atoms with van der Waals surface area (Å²) >= 11 is 0. The van der Waals surface area contributed by atoms with E-state index in [4.69, 9.17) is 0 Å². The van der Waals surface area contributed by atoms with E-state index in [1.165, 1.54) is 0 Å². The summed E-state index contributed by atoms with van der Waals surface area (Å²) < 4.78 is 2.05. The molecule has 0 saturated carbocycles. The van der Waals surface area contributed by atoms with E-state index in [-0.39, 0.29) is 11.1 Å². The monoisotopic (exact) mass is 272 g/mol. The van der Waals surface area contributed by atoms with Crippen molar-refractivity contribution in [1.29, 1.82) is 0 Å². The number of nitrogens with one attached hydrogen (secondary N) is 2. The van der Waals surface area contributed by atoms with Gasteiger partial charge in [0.2, 0.25) is 0 Å². The second kappa shape index (κ2) is 5.01. The highest BCUT2D eigenvalue weighted by atomic mass is 16.5. The van der Waals surface area contributed by atoms with E-state index in [1.54, 1.807) is 0 Å². The van der Waals surface area contributed by atoms with Crippen LogP contribution in [0.4, 0.5) is 5.69 Å². The molecule has 0 bridgehead atoms. The average Bonchev–Trinajstić information content (AvgIpc) is 2.86. The minimum atomic E-state index is -0.142. The Morgan fingerprint density at radius 2 is 2.15 bits per heavy atom. The number of fused-ring (bicyclic) bond motifs is 3. The number of quaternary nitrogens is 1. The van der Waals surface area contributed by atoms with Gasteiger partial charge in [-0.25, -0.2) is 4.98 Å². The highest BCUT2D eigenvalue weighted by Gasteiger charge is 2.31. The van der Waals surface area contributed by atoms with E-state index in [0.29, 0.717) is 12.6 Å². The lowest BCUT2D eigenvalue weighted by Gasteiger charge is -2.35. The summed E-state index contributed by atoms with van der Waals surface area (Å²) in [4.78, 5) is 4.50.